The third kappa shape index (κ3) is 3.24. The lowest BCUT2D eigenvalue weighted by Gasteiger charge is -2.21. The smallest absolute Gasteiger partial charge is 0.123 e. The molecule has 2 heteroatoms. The molecule has 16 heavy (non-hydrogen) atoms. The molecule has 0 amide bonds. The zero-order valence-corrected chi connectivity index (χ0v) is 10.8. The fourth-order valence-electron chi connectivity index (χ4n) is 1.52. The Morgan fingerprint density at radius 3 is 2.25 bits per heavy atom. The molecule has 1 aromatic rings. The lowest BCUT2D eigenvalue weighted by molar-refractivity contribution is 0.0596. The fraction of sp³-hybridized carbons (Fsp3) is 0.571. The number of hydrogen-bond acceptors (Lipinski definition) is 2. The highest BCUT2D eigenvalue weighted by Crippen LogP contribution is 2.28. The Balaban J connectivity index is 2.96. The average molecular weight is 222 g/mol. The van der Waals surface area contributed by atoms with E-state index in [9.17, 15) is 5.11 Å². The first kappa shape index (κ1) is 13.0. The molecule has 0 aliphatic heterocycles. The molecule has 90 valence electrons. The van der Waals surface area contributed by atoms with Crippen molar-refractivity contribution in [2.75, 3.05) is 0 Å². The van der Waals surface area contributed by atoms with E-state index in [1.165, 1.54) is 11.1 Å². The number of aliphatic hydroxyl groups is 1. The van der Waals surface area contributed by atoms with Gasteiger partial charge in [-0.1, -0.05) is 26.0 Å². The first-order chi connectivity index (χ1) is 7.41. The number of aliphatic hydroxyl groups excluding tert-OH is 1. The van der Waals surface area contributed by atoms with Gasteiger partial charge in [-0.2, -0.15) is 0 Å². The van der Waals surface area contributed by atoms with Gasteiger partial charge in [-0.25, -0.2) is 0 Å². The van der Waals surface area contributed by atoms with Crippen LogP contribution in [0.15, 0.2) is 18.2 Å². The van der Waals surface area contributed by atoms with Crippen molar-refractivity contribution in [2.45, 2.75) is 52.7 Å². The van der Waals surface area contributed by atoms with Crippen molar-refractivity contribution in [3.05, 3.63) is 29.3 Å². The number of ether oxygens (including phenoxy) is 1. The molecule has 1 N–H and O–H groups in total. The Kier molecular flexibility index (Phi) is 4.36. The van der Waals surface area contributed by atoms with Gasteiger partial charge in [0.2, 0.25) is 0 Å². The van der Waals surface area contributed by atoms with Gasteiger partial charge in [0.25, 0.3) is 0 Å². The largest absolute Gasteiger partial charge is 0.488 e. The Morgan fingerprint density at radius 1 is 1.12 bits per heavy atom. The molecule has 0 saturated carbocycles. The second-order valence-corrected chi connectivity index (χ2v) is 4.76. The second kappa shape index (κ2) is 5.35. The van der Waals surface area contributed by atoms with E-state index in [2.05, 4.69) is 26.0 Å². The van der Waals surface area contributed by atoms with E-state index >= 15 is 0 Å². The summed E-state index contributed by atoms with van der Waals surface area (Å²) in [7, 11) is 0. The summed E-state index contributed by atoms with van der Waals surface area (Å²) >= 11 is 0. The normalized spacial score (nSPS) is 14.9. The second-order valence-electron chi connectivity index (χ2n) is 4.76. The summed E-state index contributed by atoms with van der Waals surface area (Å²) in [5.74, 6) is 1.32. The van der Waals surface area contributed by atoms with E-state index in [1.807, 2.05) is 19.9 Å². The Bertz CT molecular complexity index is 343. The van der Waals surface area contributed by atoms with E-state index in [-0.39, 0.29) is 6.10 Å². The molecule has 0 heterocycles. The SMILES string of the molecule is Cc1ccc(C(C)C)c(OC(C)[C@@H](C)O)c1. The van der Waals surface area contributed by atoms with Crippen molar-refractivity contribution in [3.63, 3.8) is 0 Å². The molecule has 0 radical (unpaired) electrons. The van der Waals surface area contributed by atoms with Gasteiger partial charge in [-0.3, -0.25) is 0 Å². The summed E-state index contributed by atoms with van der Waals surface area (Å²) in [6.45, 7) is 9.96. The van der Waals surface area contributed by atoms with Crippen LogP contribution in [0.3, 0.4) is 0 Å². The summed E-state index contributed by atoms with van der Waals surface area (Å²) in [4.78, 5) is 0. The standard InChI is InChI=1S/C14H22O2/c1-9(2)13-7-6-10(3)8-14(13)16-12(5)11(4)15/h6-9,11-12,15H,1-5H3/t11-,12?/m1/s1. The van der Waals surface area contributed by atoms with Gasteiger partial charge in [0.15, 0.2) is 0 Å². The molecule has 1 rings (SSSR count). The van der Waals surface area contributed by atoms with E-state index in [1.54, 1.807) is 6.92 Å². The molecule has 0 fully saturated rings. The Labute approximate surface area is 98.3 Å². The Morgan fingerprint density at radius 2 is 1.75 bits per heavy atom. The van der Waals surface area contributed by atoms with Crippen LogP contribution in [-0.2, 0) is 0 Å². The van der Waals surface area contributed by atoms with Gasteiger partial charge < -0.3 is 9.84 Å². The molecule has 2 atom stereocenters. The van der Waals surface area contributed by atoms with Crippen molar-refractivity contribution < 1.29 is 9.84 Å². The lowest BCUT2D eigenvalue weighted by Crippen LogP contribution is -2.26. The lowest BCUT2D eigenvalue weighted by atomic mass is 10.0. The van der Waals surface area contributed by atoms with Crippen molar-refractivity contribution in [1.29, 1.82) is 0 Å². The number of benzene rings is 1. The predicted octanol–water partition coefficient (Wildman–Crippen LogP) is 3.27. The van der Waals surface area contributed by atoms with Gasteiger partial charge in [0.05, 0.1) is 6.10 Å². The van der Waals surface area contributed by atoms with Crippen molar-refractivity contribution in [2.24, 2.45) is 0 Å². The topological polar surface area (TPSA) is 29.5 Å². The minimum absolute atomic E-state index is 0.181. The predicted molar refractivity (Wildman–Crippen MR) is 67.0 cm³/mol. The highest BCUT2D eigenvalue weighted by Gasteiger charge is 2.14. The maximum atomic E-state index is 9.46. The first-order valence-electron chi connectivity index (χ1n) is 5.87. The zero-order valence-electron chi connectivity index (χ0n) is 10.8. The molecule has 1 aromatic carbocycles. The van der Waals surface area contributed by atoms with Crippen LogP contribution in [0.1, 0.15) is 44.7 Å². The maximum Gasteiger partial charge on any atom is 0.123 e. The zero-order chi connectivity index (χ0) is 12.3. The molecule has 1 unspecified atom stereocenters. The molecule has 0 saturated heterocycles. The minimum atomic E-state index is -0.458. The highest BCUT2D eigenvalue weighted by atomic mass is 16.5. The van der Waals surface area contributed by atoms with Crippen LogP contribution in [0.2, 0.25) is 0 Å². The van der Waals surface area contributed by atoms with E-state index in [0.717, 1.165) is 5.75 Å². The van der Waals surface area contributed by atoms with Gasteiger partial charge in [0, 0.05) is 0 Å². The number of hydrogen-bond donors (Lipinski definition) is 1. The third-order valence-electron chi connectivity index (χ3n) is 2.78. The molecule has 0 aliphatic rings. The van der Waals surface area contributed by atoms with Gasteiger partial charge in [0.1, 0.15) is 11.9 Å². The molecule has 0 bridgehead atoms. The summed E-state index contributed by atoms with van der Waals surface area (Å²) in [6, 6.07) is 6.23. The monoisotopic (exact) mass is 222 g/mol. The van der Waals surface area contributed by atoms with Gasteiger partial charge in [-0.15, -0.1) is 0 Å². The van der Waals surface area contributed by atoms with Crippen LogP contribution in [0.25, 0.3) is 0 Å². The van der Waals surface area contributed by atoms with Gasteiger partial charge in [-0.05, 0) is 43.9 Å². The summed E-state index contributed by atoms with van der Waals surface area (Å²) < 4.78 is 5.80. The molecular formula is C14H22O2. The van der Waals surface area contributed by atoms with Crippen LogP contribution in [-0.4, -0.2) is 17.3 Å². The number of aryl methyl sites for hydroxylation is 1. The molecule has 0 spiro atoms. The van der Waals surface area contributed by atoms with E-state index in [0.29, 0.717) is 5.92 Å². The summed E-state index contributed by atoms with van der Waals surface area (Å²) in [5.41, 5.74) is 2.37. The molecule has 0 aliphatic carbocycles. The minimum Gasteiger partial charge on any atom is -0.488 e. The van der Waals surface area contributed by atoms with E-state index in [4.69, 9.17) is 4.74 Å². The highest BCUT2D eigenvalue weighted by molar-refractivity contribution is 5.39. The number of rotatable bonds is 4. The molecular weight excluding hydrogens is 200 g/mol. The van der Waals surface area contributed by atoms with Crippen LogP contribution >= 0.6 is 0 Å². The summed E-state index contributed by atoms with van der Waals surface area (Å²) in [5, 5.41) is 9.46. The van der Waals surface area contributed by atoms with Crippen LogP contribution in [0.5, 0.6) is 5.75 Å². The average Bonchev–Trinajstić information content (AvgIpc) is 2.16. The third-order valence-corrected chi connectivity index (χ3v) is 2.78. The van der Waals surface area contributed by atoms with Crippen LogP contribution in [0.4, 0.5) is 0 Å². The molecule has 0 aromatic heterocycles. The first-order valence-corrected chi connectivity index (χ1v) is 5.87. The quantitative estimate of drug-likeness (QED) is 0.847. The van der Waals surface area contributed by atoms with Crippen molar-refractivity contribution in [3.8, 4) is 5.75 Å². The van der Waals surface area contributed by atoms with Gasteiger partial charge >= 0.3 is 0 Å². The summed E-state index contributed by atoms with van der Waals surface area (Å²) in [6.07, 6.45) is -0.639. The van der Waals surface area contributed by atoms with Crippen molar-refractivity contribution in [1.82, 2.24) is 0 Å². The maximum absolute atomic E-state index is 9.46. The van der Waals surface area contributed by atoms with Crippen LogP contribution < -0.4 is 4.74 Å². The van der Waals surface area contributed by atoms with Crippen LogP contribution in [0, 0.1) is 6.92 Å². The fourth-order valence-corrected chi connectivity index (χ4v) is 1.52. The van der Waals surface area contributed by atoms with E-state index < -0.39 is 6.10 Å². The van der Waals surface area contributed by atoms with Crippen molar-refractivity contribution >= 4 is 0 Å². The Hall–Kier alpha value is -1.02. The molecule has 2 nitrogen and oxygen atoms in total.